The Morgan fingerprint density at radius 3 is 2.81 bits per heavy atom. The molecule has 5 nitrogen and oxygen atoms in total. The fourth-order valence-corrected chi connectivity index (χ4v) is 3.22. The van der Waals surface area contributed by atoms with Crippen molar-refractivity contribution in [2.24, 2.45) is 0 Å². The minimum atomic E-state index is -0.557. The molecule has 1 unspecified atom stereocenters. The predicted molar refractivity (Wildman–Crippen MR) is 95.9 cm³/mol. The van der Waals surface area contributed by atoms with Crippen LogP contribution in [0, 0.1) is 5.82 Å². The van der Waals surface area contributed by atoms with E-state index in [1.165, 1.54) is 12.1 Å². The predicted octanol–water partition coefficient (Wildman–Crippen LogP) is 4.70. The molecule has 1 aliphatic heterocycles. The standard InChI is InChI=1S/C18H12Cl2FN3O2/c19-12-2-1-3-13(8-12)24-9-11(7-16(24)25)18-22-17(23-26-18)10-4-5-14(20)15(21)6-10/h1-6,8,11H,7,9H2. The lowest BCUT2D eigenvalue weighted by Crippen LogP contribution is -2.24. The van der Waals surface area contributed by atoms with Gasteiger partial charge < -0.3 is 9.42 Å². The maximum Gasteiger partial charge on any atom is 0.232 e. The van der Waals surface area contributed by atoms with Gasteiger partial charge in [0, 0.05) is 29.2 Å². The molecule has 0 aliphatic carbocycles. The largest absolute Gasteiger partial charge is 0.339 e. The van der Waals surface area contributed by atoms with Crippen molar-refractivity contribution >= 4 is 34.8 Å². The number of rotatable bonds is 3. The van der Waals surface area contributed by atoms with E-state index in [-0.39, 0.29) is 29.1 Å². The third-order valence-corrected chi connectivity index (χ3v) is 4.76. The van der Waals surface area contributed by atoms with Gasteiger partial charge in [0.25, 0.3) is 0 Å². The van der Waals surface area contributed by atoms with E-state index in [1.54, 1.807) is 29.2 Å². The second-order valence-corrected chi connectivity index (χ2v) is 6.81. The molecule has 3 aromatic rings. The Morgan fingerprint density at radius 1 is 1.19 bits per heavy atom. The Balaban J connectivity index is 1.57. The lowest BCUT2D eigenvalue weighted by molar-refractivity contribution is -0.117. The van der Waals surface area contributed by atoms with Crippen molar-refractivity contribution in [3.05, 3.63) is 64.2 Å². The summed E-state index contributed by atoms with van der Waals surface area (Å²) in [7, 11) is 0. The van der Waals surface area contributed by atoms with Crippen LogP contribution in [0.1, 0.15) is 18.2 Å². The van der Waals surface area contributed by atoms with Crippen LogP contribution in [0.5, 0.6) is 0 Å². The van der Waals surface area contributed by atoms with Gasteiger partial charge in [-0.3, -0.25) is 4.79 Å². The van der Waals surface area contributed by atoms with Gasteiger partial charge in [-0.1, -0.05) is 34.4 Å². The molecule has 1 amide bonds. The van der Waals surface area contributed by atoms with E-state index in [0.29, 0.717) is 23.0 Å². The van der Waals surface area contributed by atoms with Crippen LogP contribution in [0.4, 0.5) is 10.1 Å². The molecule has 0 spiro atoms. The third-order valence-electron chi connectivity index (χ3n) is 4.21. The van der Waals surface area contributed by atoms with E-state index in [9.17, 15) is 9.18 Å². The van der Waals surface area contributed by atoms with Gasteiger partial charge in [-0.15, -0.1) is 0 Å². The zero-order valence-electron chi connectivity index (χ0n) is 13.3. The minimum absolute atomic E-state index is 0.0241. The van der Waals surface area contributed by atoms with Gasteiger partial charge in [0.15, 0.2) is 0 Å². The Bertz CT molecular complexity index is 992. The second kappa shape index (κ2) is 6.70. The number of amides is 1. The van der Waals surface area contributed by atoms with Crippen molar-refractivity contribution in [3.63, 3.8) is 0 Å². The van der Waals surface area contributed by atoms with Crippen molar-refractivity contribution < 1.29 is 13.7 Å². The lowest BCUT2D eigenvalue weighted by Gasteiger charge is -2.16. The zero-order valence-corrected chi connectivity index (χ0v) is 14.8. The number of carbonyl (C=O) groups excluding carboxylic acids is 1. The molecule has 1 atom stereocenters. The van der Waals surface area contributed by atoms with Crippen molar-refractivity contribution in [2.45, 2.75) is 12.3 Å². The number of hydrogen-bond donors (Lipinski definition) is 0. The molecule has 0 bridgehead atoms. The number of halogens is 3. The van der Waals surface area contributed by atoms with Crippen LogP contribution in [0.15, 0.2) is 47.0 Å². The molecular weight excluding hydrogens is 380 g/mol. The SMILES string of the molecule is O=C1CC(c2nc(-c3ccc(Cl)c(F)c3)no2)CN1c1cccc(Cl)c1. The number of nitrogens with zero attached hydrogens (tertiary/aromatic N) is 3. The van der Waals surface area contributed by atoms with Crippen molar-refractivity contribution in [1.29, 1.82) is 0 Å². The van der Waals surface area contributed by atoms with Gasteiger partial charge in [0.05, 0.1) is 10.9 Å². The van der Waals surface area contributed by atoms with E-state index < -0.39 is 5.82 Å². The first-order chi connectivity index (χ1) is 12.5. The van der Waals surface area contributed by atoms with Gasteiger partial charge in [-0.05, 0) is 36.4 Å². The van der Waals surface area contributed by atoms with Crippen LogP contribution >= 0.6 is 23.2 Å². The van der Waals surface area contributed by atoms with Gasteiger partial charge >= 0.3 is 0 Å². The molecule has 1 aromatic heterocycles. The Kier molecular flexibility index (Phi) is 4.38. The molecule has 0 N–H and O–H groups in total. The summed E-state index contributed by atoms with van der Waals surface area (Å²) in [6.07, 6.45) is 0.253. The quantitative estimate of drug-likeness (QED) is 0.648. The van der Waals surface area contributed by atoms with Gasteiger partial charge in [-0.2, -0.15) is 4.98 Å². The van der Waals surface area contributed by atoms with Crippen molar-refractivity contribution in [1.82, 2.24) is 10.1 Å². The van der Waals surface area contributed by atoms with E-state index in [1.807, 2.05) is 6.07 Å². The van der Waals surface area contributed by atoms with E-state index in [4.69, 9.17) is 27.7 Å². The van der Waals surface area contributed by atoms with Gasteiger partial charge in [0.2, 0.25) is 17.6 Å². The first kappa shape index (κ1) is 17.0. The third kappa shape index (κ3) is 3.18. The second-order valence-electron chi connectivity index (χ2n) is 5.97. The molecule has 26 heavy (non-hydrogen) atoms. The monoisotopic (exact) mass is 391 g/mol. The molecule has 0 saturated carbocycles. The summed E-state index contributed by atoms with van der Waals surface area (Å²) in [6.45, 7) is 0.412. The average molecular weight is 392 g/mol. The number of benzene rings is 2. The van der Waals surface area contributed by atoms with Crippen molar-refractivity contribution in [2.75, 3.05) is 11.4 Å². The van der Waals surface area contributed by atoms with E-state index >= 15 is 0 Å². The molecule has 1 fully saturated rings. The van der Waals surface area contributed by atoms with E-state index in [2.05, 4.69) is 10.1 Å². The maximum absolute atomic E-state index is 13.6. The summed E-state index contributed by atoms with van der Waals surface area (Å²) in [5, 5.41) is 4.47. The highest BCUT2D eigenvalue weighted by Gasteiger charge is 2.35. The highest BCUT2D eigenvalue weighted by atomic mass is 35.5. The highest BCUT2D eigenvalue weighted by Crippen LogP contribution is 2.33. The van der Waals surface area contributed by atoms with E-state index in [0.717, 1.165) is 5.69 Å². The molecule has 2 aromatic carbocycles. The van der Waals surface area contributed by atoms with Gasteiger partial charge in [0.1, 0.15) is 5.82 Å². The molecule has 4 rings (SSSR count). The molecule has 8 heteroatoms. The Morgan fingerprint density at radius 2 is 2.04 bits per heavy atom. The first-order valence-corrected chi connectivity index (χ1v) is 8.62. The van der Waals surface area contributed by atoms with Crippen LogP contribution in [-0.2, 0) is 4.79 Å². The van der Waals surface area contributed by atoms with Crippen LogP contribution in [0.25, 0.3) is 11.4 Å². The summed E-state index contributed by atoms with van der Waals surface area (Å²) in [5.74, 6) is -0.245. The normalized spacial score (nSPS) is 17.1. The van der Waals surface area contributed by atoms with Crippen LogP contribution in [0.3, 0.4) is 0 Å². The minimum Gasteiger partial charge on any atom is -0.339 e. The molecule has 132 valence electrons. The fourth-order valence-electron chi connectivity index (χ4n) is 2.92. The number of aromatic nitrogens is 2. The van der Waals surface area contributed by atoms with Crippen LogP contribution in [-0.4, -0.2) is 22.6 Å². The van der Waals surface area contributed by atoms with Crippen molar-refractivity contribution in [3.8, 4) is 11.4 Å². The average Bonchev–Trinajstić information content (AvgIpc) is 3.24. The summed E-state index contributed by atoms with van der Waals surface area (Å²) in [4.78, 5) is 18.3. The fraction of sp³-hybridized carbons (Fsp3) is 0.167. The summed E-state index contributed by atoms with van der Waals surface area (Å²) in [5.41, 5.74) is 1.18. The number of hydrogen-bond acceptors (Lipinski definition) is 4. The zero-order chi connectivity index (χ0) is 18.3. The van der Waals surface area contributed by atoms with Gasteiger partial charge in [-0.25, -0.2) is 4.39 Å². The smallest absolute Gasteiger partial charge is 0.232 e. The molecule has 1 saturated heterocycles. The summed E-state index contributed by atoms with van der Waals surface area (Å²) in [6, 6.07) is 11.4. The number of anilines is 1. The highest BCUT2D eigenvalue weighted by molar-refractivity contribution is 6.31. The first-order valence-electron chi connectivity index (χ1n) is 7.86. The topological polar surface area (TPSA) is 59.2 Å². The van der Waals surface area contributed by atoms with Crippen LogP contribution < -0.4 is 4.90 Å². The lowest BCUT2D eigenvalue weighted by atomic mass is 10.1. The maximum atomic E-state index is 13.6. The molecular formula is C18H12Cl2FN3O2. The molecule has 1 aliphatic rings. The number of carbonyl (C=O) groups is 1. The Labute approximate surface area is 158 Å². The summed E-state index contributed by atoms with van der Waals surface area (Å²) < 4.78 is 18.9. The molecule has 0 radical (unpaired) electrons. The molecule has 2 heterocycles. The van der Waals surface area contributed by atoms with Crippen LogP contribution in [0.2, 0.25) is 10.0 Å². The summed E-state index contributed by atoms with van der Waals surface area (Å²) >= 11 is 11.7. The Hall–Kier alpha value is -2.44.